The van der Waals surface area contributed by atoms with Gasteiger partial charge in [0.2, 0.25) is 17.7 Å². The minimum atomic E-state index is -0.880. The van der Waals surface area contributed by atoms with Crippen molar-refractivity contribution in [3.8, 4) is 22.4 Å². The van der Waals surface area contributed by atoms with E-state index in [1.807, 2.05) is 48.5 Å². The van der Waals surface area contributed by atoms with Gasteiger partial charge in [-0.3, -0.25) is 43.6 Å². The van der Waals surface area contributed by atoms with Crippen molar-refractivity contribution in [2.24, 2.45) is 5.92 Å². The first-order valence-electron chi connectivity index (χ1n) is 22.3. The third-order valence-corrected chi connectivity index (χ3v) is 11.7. The lowest BCUT2D eigenvalue weighted by molar-refractivity contribution is -0.137. The normalized spacial score (nSPS) is 14.1. The SMILES string of the molecule is CC(C)[C@H](NC(=O)CCCCCN1C(=O)C=CC1=O)C(=O)N[C@@H](C)C(=O)NCCCCn1nc(-c2ccc(NC(=O)N3Cc4ccncc4C3)cc2)cc(-c2cccc3ncccc23)c1=O. The van der Waals surface area contributed by atoms with Crippen LogP contribution in [0.4, 0.5) is 10.5 Å². The largest absolute Gasteiger partial charge is 0.354 e. The summed E-state index contributed by atoms with van der Waals surface area (Å²) in [5.41, 5.74) is 5.65. The maximum atomic E-state index is 14.1. The third kappa shape index (κ3) is 11.4. The van der Waals surface area contributed by atoms with E-state index < -0.39 is 23.9 Å². The summed E-state index contributed by atoms with van der Waals surface area (Å²) in [4.78, 5) is 101. The first-order valence-corrected chi connectivity index (χ1v) is 22.3. The highest BCUT2D eigenvalue weighted by molar-refractivity contribution is 6.12. The van der Waals surface area contributed by atoms with E-state index in [2.05, 4.69) is 31.2 Å². The summed E-state index contributed by atoms with van der Waals surface area (Å²) >= 11 is 0. The Bertz CT molecular complexity index is 2670. The Kier molecular flexibility index (Phi) is 15.1. The van der Waals surface area contributed by atoms with Gasteiger partial charge < -0.3 is 26.2 Å². The van der Waals surface area contributed by atoms with Gasteiger partial charge >= 0.3 is 6.03 Å². The molecule has 0 aliphatic carbocycles. The molecule has 17 heteroatoms. The monoisotopic (exact) mass is 894 g/mol. The van der Waals surface area contributed by atoms with Crippen molar-refractivity contribution in [2.75, 3.05) is 18.4 Å². The Morgan fingerprint density at radius 1 is 0.742 bits per heavy atom. The van der Waals surface area contributed by atoms with E-state index >= 15 is 0 Å². The van der Waals surface area contributed by atoms with Gasteiger partial charge in [-0.1, -0.05) is 50.6 Å². The molecule has 0 radical (unpaired) electrons. The fraction of sp³-hybridized carbons (Fsp3) is 0.347. The lowest BCUT2D eigenvalue weighted by Crippen LogP contribution is -2.54. The molecule has 66 heavy (non-hydrogen) atoms. The molecule has 4 N–H and O–H groups in total. The molecule has 0 unspecified atom stereocenters. The van der Waals surface area contributed by atoms with Crippen LogP contribution in [0.25, 0.3) is 33.3 Å². The van der Waals surface area contributed by atoms with Crippen molar-refractivity contribution in [3.63, 3.8) is 0 Å². The number of hydrogen-bond acceptors (Lipinski definition) is 10. The first-order chi connectivity index (χ1) is 31.9. The fourth-order valence-electron chi connectivity index (χ4n) is 7.94. The maximum absolute atomic E-state index is 14.1. The number of unbranched alkanes of at least 4 members (excludes halogenated alkanes) is 3. The Morgan fingerprint density at radius 3 is 2.26 bits per heavy atom. The van der Waals surface area contributed by atoms with Crippen molar-refractivity contribution >= 4 is 52.2 Å². The summed E-state index contributed by atoms with van der Waals surface area (Å²) in [5, 5.41) is 16.9. The van der Waals surface area contributed by atoms with Crippen molar-refractivity contribution < 1.29 is 28.8 Å². The highest BCUT2D eigenvalue weighted by atomic mass is 16.2. The fourth-order valence-corrected chi connectivity index (χ4v) is 7.94. The molecule has 0 spiro atoms. The van der Waals surface area contributed by atoms with Gasteiger partial charge in [0.25, 0.3) is 17.4 Å². The molecule has 0 saturated heterocycles. The lowest BCUT2D eigenvalue weighted by atomic mass is 10.00. The molecule has 2 aliphatic heterocycles. The number of nitrogens with zero attached hydrogens (tertiary/aromatic N) is 6. The standard InChI is InChI=1S/C49H54N10O7/c1-31(2)45(55-42(60)14-5-4-7-25-58-43(61)19-20-44(58)62)47(64)53-32(3)46(63)52-22-6-8-26-59-48(65)39(37-11-9-13-40-38(37)12-10-23-51-40)27-41(56-59)33-15-17-36(18-16-33)54-49(66)57-29-34-21-24-50-28-35(34)30-57/h9-13,15-21,23-24,27-28,31-32,45H,4-8,14,22,25-26,29-30H2,1-3H3,(H,52,63)(H,53,64)(H,54,66)(H,55,60)/t32-,45-/m0/s1. The molecule has 5 heterocycles. The van der Waals surface area contributed by atoms with Gasteiger partial charge in [0, 0.05) is 86.5 Å². The molecular weight excluding hydrogens is 841 g/mol. The molecule has 7 rings (SSSR count). The molecule has 2 aromatic carbocycles. The second-order valence-electron chi connectivity index (χ2n) is 16.8. The van der Waals surface area contributed by atoms with E-state index in [-0.39, 0.29) is 61.3 Å². The Labute approximate surface area is 382 Å². The minimum Gasteiger partial charge on any atom is -0.354 e. The summed E-state index contributed by atoms with van der Waals surface area (Å²) in [6.07, 6.45) is 10.6. The molecule has 0 bridgehead atoms. The number of aryl methyl sites for hydroxylation is 1. The molecule has 342 valence electrons. The number of fused-ring (bicyclic) bond motifs is 2. The molecule has 3 aromatic heterocycles. The molecule has 0 fully saturated rings. The van der Waals surface area contributed by atoms with Crippen LogP contribution in [0.3, 0.4) is 0 Å². The van der Waals surface area contributed by atoms with Crippen LogP contribution in [0.2, 0.25) is 0 Å². The number of imide groups is 1. The zero-order valence-corrected chi connectivity index (χ0v) is 37.3. The Hall–Kier alpha value is -7.56. The van der Waals surface area contributed by atoms with Crippen LogP contribution in [-0.4, -0.2) is 90.3 Å². The number of carbonyl (C=O) groups excluding carboxylic acids is 6. The van der Waals surface area contributed by atoms with Gasteiger partial charge in [-0.15, -0.1) is 0 Å². The number of amides is 7. The summed E-state index contributed by atoms with van der Waals surface area (Å²) < 4.78 is 1.44. The quantitative estimate of drug-likeness (QED) is 0.0636. The van der Waals surface area contributed by atoms with Crippen molar-refractivity contribution in [1.82, 2.24) is 45.5 Å². The van der Waals surface area contributed by atoms with E-state index in [0.29, 0.717) is 62.1 Å². The predicted molar refractivity (Wildman–Crippen MR) is 248 cm³/mol. The maximum Gasteiger partial charge on any atom is 0.322 e. The molecular formula is C49H54N10O7. The Balaban J connectivity index is 0.925. The van der Waals surface area contributed by atoms with Crippen LogP contribution < -0.4 is 26.8 Å². The van der Waals surface area contributed by atoms with Gasteiger partial charge in [0.05, 0.1) is 16.8 Å². The molecule has 0 saturated carbocycles. The predicted octanol–water partition coefficient (Wildman–Crippen LogP) is 5.10. The van der Waals surface area contributed by atoms with E-state index in [1.54, 1.807) is 62.5 Å². The van der Waals surface area contributed by atoms with Crippen molar-refractivity contribution in [2.45, 2.75) is 91.0 Å². The average molecular weight is 895 g/mol. The first kappa shape index (κ1) is 46.4. The molecule has 17 nitrogen and oxygen atoms in total. The summed E-state index contributed by atoms with van der Waals surface area (Å²) in [6.45, 7) is 6.99. The smallest absolute Gasteiger partial charge is 0.322 e. The second-order valence-corrected chi connectivity index (χ2v) is 16.8. The van der Waals surface area contributed by atoms with Crippen LogP contribution in [0, 0.1) is 5.92 Å². The highest BCUT2D eigenvalue weighted by Crippen LogP contribution is 2.29. The van der Waals surface area contributed by atoms with Gasteiger partial charge in [-0.2, -0.15) is 5.10 Å². The van der Waals surface area contributed by atoms with Crippen LogP contribution in [0.5, 0.6) is 0 Å². The van der Waals surface area contributed by atoms with Gasteiger partial charge in [-0.25, -0.2) is 9.48 Å². The average Bonchev–Trinajstić information content (AvgIpc) is 3.90. The summed E-state index contributed by atoms with van der Waals surface area (Å²) in [5.74, 6) is -2.10. The summed E-state index contributed by atoms with van der Waals surface area (Å²) in [7, 11) is 0. The number of aromatic nitrogens is 4. The van der Waals surface area contributed by atoms with Gasteiger partial charge in [-0.05, 0) is 91.6 Å². The molecule has 7 amide bonds. The van der Waals surface area contributed by atoms with Gasteiger partial charge in [0.1, 0.15) is 12.1 Å². The highest BCUT2D eigenvalue weighted by Gasteiger charge is 2.28. The third-order valence-electron chi connectivity index (χ3n) is 11.7. The van der Waals surface area contributed by atoms with Crippen LogP contribution in [0.15, 0.2) is 102 Å². The van der Waals surface area contributed by atoms with Crippen LogP contribution in [-0.2, 0) is 43.6 Å². The number of benzene rings is 2. The number of hydrogen-bond donors (Lipinski definition) is 4. The topological polar surface area (TPSA) is 218 Å². The van der Waals surface area contributed by atoms with E-state index in [1.165, 1.54) is 21.7 Å². The van der Waals surface area contributed by atoms with Crippen molar-refractivity contribution in [3.05, 3.63) is 119 Å². The molecule has 2 atom stereocenters. The summed E-state index contributed by atoms with van der Waals surface area (Å²) in [6, 6.07) is 18.5. The number of carbonyl (C=O) groups is 6. The van der Waals surface area contributed by atoms with Gasteiger partial charge in [0.15, 0.2) is 0 Å². The lowest BCUT2D eigenvalue weighted by Gasteiger charge is -2.24. The zero-order valence-electron chi connectivity index (χ0n) is 37.3. The number of anilines is 1. The molecule has 5 aromatic rings. The second kappa shape index (κ2) is 21.4. The van der Waals surface area contributed by atoms with Crippen molar-refractivity contribution in [1.29, 1.82) is 0 Å². The number of pyridine rings is 2. The number of rotatable bonds is 19. The van der Waals surface area contributed by atoms with Crippen LogP contribution >= 0.6 is 0 Å². The minimum absolute atomic E-state index is 0.169. The van der Waals surface area contributed by atoms with E-state index in [0.717, 1.165) is 33.2 Å². The zero-order chi connectivity index (χ0) is 46.7. The molecule has 2 aliphatic rings. The Morgan fingerprint density at radius 2 is 1.50 bits per heavy atom. The van der Waals surface area contributed by atoms with E-state index in [9.17, 15) is 33.6 Å². The number of urea groups is 1. The van der Waals surface area contributed by atoms with Crippen LogP contribution in [0.1, 0.15) is 70.4 Å². The van der Waals surface area contributed by atoms with E-state index in [4.69, 9.17) is 5.10 Å². The number of nitrogens with one attached hydrogen (secondary N) is 4.